The van der Waals surface area contributed by atoms with Crippen molar-refractivity contribution in [3.63, 3.8) is 0 Å². The second-order valence-electron chi connectivity index (χ2n) is 9.60. The molecule has 2 nitrogen and oxygen atoms in total. The van der Waals surface area contributed by atoms with E-state index in [4.69, 9.17) is 4.42 Å². The SMILES string of the molecule is CC.c1cc(-c2ccc3oc4ncccc4c3c2)cc(-c2ccc3c4ccccc4c4ccccc4c3c2)c1. The Morgan fingerprint density at radius 1 is 0.410 bits per heavy atom. The number of furan rings is 1. The molecule has 8 rings (SSSR count). The quantitative estimate of drug-likeness (QED) is 0.220. The summed E-state index contributed by atoms with van der Waals surface area (Å²) in [6.45, 7) is 4.00. The second kappa shape index (κ2) is 9.41. The van der Waals surface area contributed by atoms with Crippen LogP contribution in [-0.4, -0.2) is 4.98 Å². The van der Waals surface area contributed by atoms with E-state index in [0.717, 1.165) is 21.9 Å². The summed E-state index contributed by atoms with van der Waals surface area (Å²) in [5.41, 5.74) is 6.31. The number of hydrogen-bond donors (Lipinski definition) is 0. The molecule has 0 atom stereocenters. The van der Waals surface area contributed by atoms with Crippen LogP contribution in [0, 0.1) is 0 Å². The number of rotatable bonds is 2. The Morgan fingerprint density at radius 2 is 0.923 bits per heavy atom. The first-order valence-electron chi connectivity index (χ1n) is 13.5. The van der Waals surface area contributed by atoms with Gasteiger partial charge in [0.25, 0.3) is 0 Å². The molecule has 0 amide bonds. The van der Waals surface area contributed by atoms with Crippen LogP contribution in [0.3, 0.4) is 0 Å². The Kier molecular flexibility index (Phi) is 5.60. The molecule has 0 saturated carbocycles. The molecule has 2 heterocycles. The Hall–Kier alpha value is -4.95. The minimum absolute atomic E-state index is 0.680. The van der Waals surface area contributed by atoms with Gasteiger partial charge in [-0.25, -0.2) is 4.98 Å². The molecule has 0 unspecified atom stereocenters. The molecule has 0 fully saturated rings. The van der Waals surface area contributed by atoms with Crippen LogP contribution >= 0.6 is 0 Å². The minimum atomic E-state index is 0.680. The molecule has 6 aromatic carbocycles. The molecule has 2 heteroatoms. The molecule has 0 aliphatic carbocycles. The predicted octanol–water partition coefficient (Wildman–Crippen LogP) is 10.8. The Balaban J connectivity index is 0.00000124. The molecule has 0 N–H and O–H groups in total. The van der Waals surface area contributed by atoms with Gasteiger partial charge in [-0.15, -0.1) is 0 Å². The molecule has 0 radical (unpaired) electrons. The summed E-state index contributed by atoms with van der Waals surface area (Å²) in [4.78, 5) is 4.37. The summed E-state index contributed by atoms with van der Waals surface area (Å²) in [7, 11) is 0. The van der Waals surface area contributed by atoms with Crippen molar-refractivity contribution in [2.45, 2.75) is 13.8 Å². The Labute approximate surface area is 227 Å². The first-order chi connectivity index (χ1) is 19.3. The van der Waals surface area contributed by atoms with Crippen molar-refractivity contribution in [3.8, 4) is 22.3 Å². The van der Waals surface area contributed by atoms with Gasteiger partial charge in [0.2, 0.25) is 5.71 Å². The van der Waals surface area contributed by atoms with Crippen LogP contribution in [0.25, 0.3) is 76.6 Å². The van der Waals surface area contributed by atoms with Gasteiger partial charge < -0.3 is 4.42 Å². The van der Waals surface area contributed by atoms with Gasteiger partial charge in [-0.05, 0) is 91.0 Å². The minimum Gasteiger partial charge on any atom is -0.438 e. The predicted molar refractivity (Wildman–Crippen MR) is 166 cm³/mol. The largest absolute Gasteiger partial charge is 0.438 e. The van der Waals surface area contributed by atoms with Gasteiger partial charge in [-0.2, -0.15) is 0 Å². The van der Waals surface area contributed by atoms with Crippen molar-refractivity contribution < 1.29 is 4.42 Å². The highest BCUT2D eigenvalue weighted by Crippen LogP contribution is 2.38. The van der Waals surface area contributed by atoms with E-state index in [9.17, 15) is 0 Å². The second-order valence-corrected chi connectivity index (χ2v) is 9.60. The fraction of sp³-hybridized carbons (Fsp3) is 0.0541. The fourth-order valence-corrected chi connectivity index (χ4v) is 5.76. The van der Waals surface area contributed by atoms with E-state index >= 15 is 0 Å². The van der Waals surface area contributed by atoms with Crippen LogP contribution in [0.2, 0.25) is 0 Å². The zero-order chi connectivity index (χ0) is 26.3. The van der Waals surface area contributed by atoms with Gasteiger partial charge in [0.15, 0.2) is 0 Å². The summed E-state index contributed by atoms with van der Waals surface area (Å²) in [6, 6.07) is 43.5. The average Bonchev–Trinajstić information content (AvgIpc) is 3.40. The zero-order valence-corrected chi connectivity index (χ0v) is 22.0. The maximum Gasteiger partial charge on any atom is 0.227 e. The number of hydrogen-bond acceptors (Lipinski definition) is 2. The highest BCUT2D eigenvalue weighted by atomic mass is 16.3. The van der Waals surface area contributed by atoms with Gasteiger partial charge in [0.1, 0.15) is 5.58 Å². The molecule has 0 bridgehead atoms. The average molecular weight is 502 g/mol. The number of benzene rings is 6. The molecule has 0 aliphatic rings. The van der Waals surface area contributed by atoms with Crippen molar-refractivity contribution >= 4 is 54.4 Å². The third-order valence-electron chi connectivity index (χ3n) is 7.52. The van der Waals surface area contributed by atoms with Crippen molar-refractivity contribution in [1.29, 1.82) is 0 Å². The third kappa shape index (κ3) is 3.76. The fourth-order valence-electron chi connectivity index (χ4n) is 5.76. The highest BCUT2D eigenvalue weighted by Gasteiger charge is 2.12. The van der Waals surface area contributed by atoms with E-state index < -0.39 is 0 Å². The summed E-state index contributed by atoms with van der Waals surface area (Å²) in [5.74, 6) is 0. The molecule has 39 heavy (non-hydrogen) atoms. The number of pyridine rings is 1. The molecule has 186 valence electrons. The monoisotopic (exact) mass is 501 g/mol. The summed E-state index contributed by atoms with van der Waals surface area (Å²) >= 11 is 0. The van der Waals surface area contributed by atoms with E-state index in [2.05, 4.69) is 114 Å². The Morgan fingerprint density at radius 3 is 1.59 bits per heavy atom. The summed E-state index contributed by atoms with van der Waals surface area (Å²) < 4.78 is 5.93. The number of nitrogens with zero attached hydrogens (tertiary/aromatic N) is 1. The van der Waals surface area contributed by atoms with E-state index in [-0.39, 0.29) is 0 Å². The lowest BCUT2D eigenvalue weighted by atomic mass is 9.91. The number of fused-ring (bicyclic) bond motifs is 9. The van der Waals surface area contributed by atoms with Gasteiger partial charge in [0, 0.05) is 17.0 Å². The van der Waals surface area contributed by atoms with Crippen LogP contribution in [-0.2, 0) is 0 Å². The van der Waals surface area contributed by atoms with E-state index in [0.29, 0.717) is 5.71 Å². The van der Waals surface area contributed by atoms with E-state index in [1.165, 1.54) is 49.0 Å². The molecule has 0 saturated heterocycles. The van der Waals surface area contributed by atoms with Crippen molar-refractivity contribution in [2.24, 2.45) is 0 Å². The maximum atomic E-state index is 5.93. The first kappa shape index (κ1) is 23.2. The van der Waals surface area contributed by atoms with E-state index in [1.54, 1.807) is 6.20 Å². The lowest BCUT2D eigenvalue weighted by Crippen LogP contribution is -1.85. The third-order valence-corrected chi connectivity index (χ3v) is 7.52. The maximum absolute atomic E-state index is 5.93. The van der Waals surface area contributed by atoms with Crippen LogP contribution in [0.5, 0.6) is 0 Å². The lowest BCUT2D eigenvalue weighted by Gasteiger charge is -2.12. The standard InChI is InChI=1S/C35H21NO.C2H6/c1-2-11-28-26(9-1)27-10-3-4-12-29(27)32-20-24(14-16-30(28)32)22-7-5-8-23(19-22)25-15-17-34-33(21-25)31-13-6-18-36-35(31)37-34;1-2/h1-21H;1-2H3. The normalized spacial score (nSPS) is 11.3. The van der Waals surface area contributed by atoms with Crippen LogP contribution in [0.15, 0.2) is 132 Å². The number of aromatic nitrogens is 1. The van der Waals surface area contributed by atoms with Gasteiger partial charge in [0.05, 0.1) is 0 Å². The summed E-state index contributed by atoms with van der Waals surface area (Å²) in [5, 5.41) is 9.91. The van der Waals surface area contributed by atoms with E-state index in [1.807, 2.05) is 26.0 Å². The molecular formula is C37H27NO. The lowest BCUT2D eigenvalue weighted by molar-refractivity contribution is 0.654. The first-order valence-corrected chi connectivity index (χ1v) is 13.5. The topological polar surface area (TPSA) is 26.0 Å². The molecule has 0 spiro atoms. The van der Waals surface area contributed by atoms with Crippen LogP contribution in [0.4, 0.5) is 0 Å². The van der Waals surface area contributed by atoms with Gasteiger partial charge in [-0.1, -0.05) is 98.8 Å². The Bertz CT molecular complexity index is 2120. The van der Waals surface area contributed by atoms with Crippen molar-refractivity contribution in [1.82, 2.24) is 4.98 Å². The smallest absolute Gasteiger partial charge is 0.227 e. The van der Waals surface area contributed by atoms with Crippen molar-refractivity contribution in [2.75, 3.05) is 0 Å². The molecular weight excluding hydrogens is 474 g/mol. The molecule has 8 aromatic rings. The highest BCUT2D eigenvalue weighted by molar-refractivity contribution is 6.25. The molecule has 0 aliphatic heterocycles. The van der Waals surface area contributed by atoms with Gasteiger partial charge in [-0.3, -0.25) is 0 Å². The summed E-state index contributed by atoms with van der Waals surface area (Å²) in [6.07, 6.45) is 1.77. The van der Waals surface area contributed by atoms with Gasteiger partial charge >= 0.3 is 0 Å². The van der Waals surface area contributed by atoms with Crippen LogP contribution < -0.4 is 0 Å². The molecule has 2 aromatic heterocycles. The van der Waals surface area contributed by atoms with Crippen LogP contribution in [0.1, 0.15) is 13.8 Å². The van der Waals surface area contributed by atoms with Crippen molar-refractivity contribution in [3.05, 3.63) is 128 Å². The zero-order valence-electron chi connectivity index (χ0n) is 22.0.